The molecule has 0 saturated heterocycles. The lowest BCUT2D eigenvalue weighted by molar-refractivity contribution is -0.121. The van der Waals surface area contributed by atoms with Crippen molar-refractivity contribution in [3.8, 4) is 5.75 Å². The van der Waals surface area contributed by atoms with E-state index in [0.717, 1.165) is 12.0 Å². The second kappa shape index (κ2) is 4.98. The summed E-state index contributed by atoms with van der Waals surface area (Å²) in [6.07, 6.45) is 0.776. The molecule has 4 nitrogen and oxygen atoms in total. The van der Waals surface area contributed by atoms with Crippen LogP contribution in [-0.4, -0.2) is 31.2 Å². The van der Waals surface area contributed by atoms with E-state index in [4.69, 9.17) is 16.3 Å². The summed E-state index contributed by atoms with van der Waals surface area (Å²) in [4.78, 5) is 24.9. The van der Waals surface area contributed by atoms with Gasteiger partial charge in [-0.15, -0.1) is 11.6 Å². The zero-order valence-electron chi connectivity index (χ0n) is 10.3. The zero-order chi connectivity index (χ0) is 13.3. The van der Waals surface area contributed by atoms with E-state index in [9.17, 15) is 9.59 Å². The number of likely N-dealkylation sites (N-methyl/N-ethyl adjacent to an activating group) is 1. The maximum atomic E-state index is 11.8. The molecule has 1 aromatic rings. The fourth-order valence-corrected chi connectivity index (χ4v) is 2.06. The maximum Gasteiger partial charge on any atom is 0.264 e. The van der Waals surface area contributed by atoms with E-state index in [1.807, 2.05) is 13.0 Å². The standard InChI is InChI=1S/C13H14ClNO3/c1-3-8-4-9(11(16)6-14)13-10(5-8)15(2)12(17)7-18-13/h4-5H,3,6-7H2,1-2H3. The van der Waals surface area contributed by atoms with E-state index in [1.165, 1.54) is 4.90 Å². The van der Waals surface area contributed by atoms with Crippen LogP contribution >= 0.6 is 11.6 Å². The molecule has 0 spiro atoms. The first-order valence-electron chi connectivity index (χ1n) is 5.74. The van der Waals surface area contributed by atoms with Crippen molar-refractivity contribution in [3.05, 3.63) is 23.3 Å². The van der Waals surface area contributed by atoms with Crippen molar-refractivity contribution in [1.29, 1.82) is 0 Å². The molecular weight excluding hydrogens is 254 g/mol. The largest absolute Gasteiger partial charge is 0.481 e. The SMILES string of the molecule is CCc1cc(C(=O)CCl)c2c(c1)N(C)C(=O)CO2. The van der Waals surface area contributed by atoms with Crippen LogP contribution in [0.15, 0.2) is 12.1 Å². The lowest BCUT2D eigenvalue weighted by Crippen LogP contribution is -2.36. The third-order valence-electron chi connectivity index (χ3n) is 3.03. The number of anilines is 1. The normalized spacial score (nSPS) is 14.2. The topological polar surface area (TPSA) is 46.6 Å². The van der Waals surface area contributed by atoms with Gasteiger partial charge < -0.3 is 9.64 Å². The van der Waals surface area contributed by atoms with Crippen molar-refractivity contribution in [2.45, 2.75) is 13.3 Å². The van der Waals surface area contributed by atoms with Gasteiger partial charge >= 0.3 is 0 Å². The van der Waals surface area contributed by atoms with E-state index < -0.39 is 0 Å². The quantitative estimate of drug-likeness (QED) is 0.622. The van der Waals surface area contributed by atoms with Crippen molar-refractivity contribution in [1.82, 2.24) is 0 Å². The van der Waals surface area contributed by atoms with Crippen molar-refractivity contribution < 1.29 is 14.3 Å². The van der Waals surface area contributed by atoms with Crippen LogP contribution in [0.3, 0.4) is 0 Å². The van der Waals surface area contributed by atoms with Gasteiger partial charge in [0.25, 0.3) is 5.91 Å². The molecule has 96 valence electrons. The number of carbonyl (C=O) groups excluding carboxylic acids is 2. The van der Waals surface area contributed by atoms with E-state index in [2.05, 4.69) is 0 Å². The molecule has 0 atom stereocenters. The molecule has 0 saturated carbocycles. The highest BCUT2D eigenvalue weighted by Gasteiger charge is 2.27. The Labute approximate surface area is 110 Å². The first kappa shape index (κ1) is 12.9. The van der Waals surface area contributed by atoms with Crippen LogP contribution in [0.1, 0.15) is 22.8 Å². The van der Waals surface area contributed by atoms with Crippen molar-refractivity contribution in [2.75, 3.05) is 24.4 Å². The molecule has 5 heteroatoms. The minimum Gasteiger partial charge on any atom is -0.481 e. The number of Topliss-reactive ketones (excluding diaryl/α,β-unsaturated/α-hetero) is 1. The average Bonchev–Trinajstić information content (AvgIpc) is 2.41. The number of hydrogen-bond donors (Lipinski definition) is 0. The highest BCUT2D eigenvalue weighted by molar-refractivity contribution is 6.31. The highest BCUT2D eigenvalue weighted by atomic mass is 35.5. The molecule has 0 radical (unpaired) electrons. The lowest BCUT2D eigenvalue weighted by Gasteiger charge is -2.28. The number of fused-ring (bicyclic) bond motifs is 1. The van der Waals surface area contributed by atoms with Gasteiger partial charge in [-0.1, -0.05) is 6.92 Å². The van der Waals surface area contributed by atoms with Gasteiger partial charge in [0.2, 0.25) is 0 Å². The third-order valence-corrected chi connectivity index (χ3v) is 3.28. The Hall–Kier alpha value is -1.55. The molecule has 0 fully saturated rings. The first-order chi connectivity index (χ1) is 8.58. The number of rotatable bonds is 3. The Morgan fingerprint density at radius 2 is 2.22 bits per heavy atom. The van der Waals surface area contributed by atoms with Gasteiger partial charge in [0, 0.05) is 7.05 Å². The summed E-state index contributed by atoms with van der Waals surface area (Å²) in [6, 6.07) is 3.66. The Morgan fingerprint density at radius 3 is 2.83 bits per heavy atom. The summed E-state index contributed by atoms with van der Waals surface area (Å²) in [7, 11) is 1.68. The molecule has 0 aliphatic carbocycles. The summed E-state index contributed by atoms with van der Waals surface area (Å²) in [5.74, 6) is 0.0478. The minimum atomic E-state index is -0.189. The summed E-state index contributed by atoms with van der Waals surface area (Å²) >= 11 is 5.60. The number of alkyl halides is 1. The molecule has 2 rings (SSSR count). The molecule has 1 amide bonds. The fourth-order valence-electron chi connectivity index (χ4n) is 1.92. The zero-order valence-corrected chi connectivity index (χ0v) is 11.1. The number of aryl methyl sites for hydroxylation is 1. The summed E-state index contributed by atoms with van der Waals surface area (Å²) in [5.41, 5.74) is 2.07. The second-order valence-corrected chi connectivity index (χ2v) is 4.41. The van der Waals surface area contributed by atoms with Crippen LogP contribution in [0.5, 0.6) is 5.75 Å². The van der Waals surface area contributed by atoms with E-state index in [-0.39, 0.29) is 24.2 Å². The molecule has 1 aliphatic heterocycles. The van der Waals surface area contributed by atoms with Crippen LogP contribution in [-0.2, 0) is 11.2 Å². The van der Waals surface area contributed by atoms with Gasteiger partial charge in [-0.05, 0) is 24.1 Å². The summed E-state index contributed by atoms with van der Waals surface area (Å²) in [6.45, 7) is 1.94. The van der Waals surface area contributed by atoms with E-state index >= 15 is 0 Å². The highest BCUT2D eigenvalue weighted by Crippen LogP contribution is 2.36. The van der Waals surface area contributed by atoms with Gasteiger partial charge in [-0.2, -0.15) is 0 Å². The number of halogens is 1. The molecule has 0 aromatic heterocycles. The molecule has 0 unspecified atom stereocenters. The number of amides is 1. The van der Waals surface area contributed by atoms with Crippen molar-refractivity contribution in [3.63, 3.8) is 0 Å². The lowest BCUT2D eigenvalue weighted by atomic mass is 10.0. The Balaban J connectivity index is 2.61. The van der Waals surface area contributed by atoms with Crippen LogP contribution in [0.2, 0.25) is 0 Å². The molecule has 18 heavy (non-hydrogen) atoms. The summed E-state index contributed by atoms with van der Waals surface area (Å²) < 4.78 is 5.39. The predicted octanol–water partition coefficient (Wildman–Crippen LogP) is 2.03. The minimum absolute atomic E-state index is 0.0441. The number of ketones is 1. The molecule has 0 bridgehead atoms. The molecule has 0 N–H and O–H groups in total. The van der Waals surface area contributed by atoms with Crippen LogP contribution in [0, 0.1) is 0 Å². The van der Waals surface area contributed by atoms with Crippen LogP contribution < -0.4 is 9.64 Å². The van der Waals surface area contributed by atoms with Gasteiger partial charge in [-0.25, -0.2) is 0 Å². The maximum absolute atomic E-state index is 11.8. The molecule has 1 heterocycles. The van der Waals surface area contributed by atoms with Crippen molar-refractivity contribution in [2.24, 2.45) is 0 Å². The molecule has 1 aromatic carbocycles. The smallest absolute Gasteiger partial charge is 0.264 e. The second-order valence-electron chi connectivity index (χ2n) is 4.14. The van der Waals surface area contributed by atoms with E-state index in [1.54, 1.807) is 13.1 Å². The van der Waals surface area contributed by atoms with Gasteiger partial charge in [-0.3, -0.25) is 9.59 Å². The van der Waals surface area contributed by atoms with Gasteiger partial charge in [0.15, 0.2) is 18.1 Å². The van der Waals surface area contributed by atoms with Crippen LogP contribution in [0.25, 0.3) is 0 Å². The molecular formula is C13H14ClNO3. The number of hydrogen-bond acceptors (Lipinski definition) is 3. The Bertz CT molecular complexity index is 513. The van der Waals surface area contributed by atoms with Crippen LogP contribution in [0.4, 0.5) is 5.69 Å². The number of benzene rings is 1. The summed E-state index contributed by atoms with van der Waals surface area (Å²) in [5, 5.41) is 0. The average molecular weight is 268 g/mol. The fraction of sp³-hybridized carbons (Fsp3) is 0.385. The monoisotopic (exact) mass is 267 g/mol. The first-order valence-corrected chi connectivity index (χ1v) is 6.27. The predicted molar refractivity (Wildman–Crippen MR) is 69.8 cm³/mol. The molecule has 1 aliphatic rings. The Morgan fingerprint density at radius 1 is 1.50 bits per heavy atom. The third kappa shape index (κ3) is 2.08. The number of nitrogens with zero attached hydrogens (tertiary/aromatic N) is 1. The van der Waals surface area contributed by atoms with Crippen molar-refractivity contribution >= 4 is 29.0 Å². The number of carbonyl (C=O) groups is 2. The van der Waals surface area contributed by atoms with Gasteiger partial charge in [0.1, 0.15) is 0 Å². The van der Waals surface area contributed by atoms with E-state index in [0.29, 0.717) is 17.0 Å². The number of ether oxygens (including phenoxy) is 1. The Kier molecular flexibility index (Phi) is 3.57. The van der Waals surface area contributed by atoms with Gasteiger partial charge in [0.05, 0.1) is 17.1 Å².